The number of para-hydroxylation sites is 1. The summed E-state index contributed by atoms with van der Waals surface area (Å²) in [5, 5.41) is 9.13. The van der Waals surface area contributed by atoms with E-state index >= 15 is 0 Å². The van der Waals surface area contributed by atoms with Crippen molar-refractivity contribution < 1.29 is 4.39 Å². The highest BCUT2D eigenvalue weighted by Crippen LogP contribution is 2.29. The van der Waals surface area contributed by atoms with Crippen LogP contribution in [0.5, 0.6) is 0 Å². The van der Waals surface area contributed by atoms with Gasteiger partial charge in [0, 0.05) is 23.2 Å². The van der Waals surface area contributed by atoms with Crippen LogP contribution < -0.4 is 10.6 Å². The van der Waals surface area contributed by atoms with E-state index in [4.69, 9.17) is 4.98 Å². The Bertz CT molecular complexity index is 1730. The number of H-pyrrole nitrogens is 2. The van der Waals surface area contributed by atoms with Crippen molar-refractivity contribution in [1.29, 1.82) is 0 Å². The van der Waals surface area contributed by atoms with Crippen LogP contribution in [0.1, 0.15) is 24.5 Å². The molecular weight excluding hydrogens is 475 g/mol. The fraction of sp³-hybridized carbons (Fsp3) is 0.194. The Morgan fingerprint density at radius 3 is 2.76 bits per heavy atom. The van der Waals surface area contributed by atoms with Crippen LogP contribution in [0.3, 0.4) is 0 Å². The number of fused-ring (bicyclic) bond motifs is 1. The lowest BCUT2D eigenvalue weighted by Gasteiger charge is -2.09. The van der Waals surface area contributed by atoms with Gasteiger partial charge in [-0.05, 0) is 93.0 Å². The van der Waals surface area contributed by atoms with E-state index in [0.717, 1.165) is 63.3 Å². The number of aromatic amines is 2. The number of nitrogens with one attached hydrogen (secondary N) is 2. The number of rotatable bonds is 8. The van der Waals surface area contributed by atoms with E-state index in [1.54, 1.807) is 6.07 Å². The van der Waals surface area contributed by atoms with E-state index in [9.17, 15) is 4.39 Å². The molecule has 3 heterocycles. The summed E-state index contributed by atoms with van der Waals surface area (Å²) in [6, 6.07) is 14.6. The van der Waals surface area contributed by atoms with Gasteiger partial charge in [-0.3, -0.25) is 10.1 Å². The molecule has 0 spiro atoms. The minimum absolute atomic E-state index is 0.280. The molecule has 5 rings (SSSR count). The van der Waals surface area contributed by atoms with Crippen LogP contribution >= 0.6 is 0 Å². The summed E-state index contributed by atoms with van der Waals surface area (Å²) in [7, 11) is 4.18. The molecule has 192 valence electrons. The Morgan fingerprint density at radius 2 is 1.95 bits per heavy atom. The van der Waals surface area contributed by atoms with Crippen LogP contribution in [0.25, 0.3) is 51.9 Å². The fourth-order valence-electron chi connectivity index (χ4n) is 4.49. The van der Waals surface area contributed by atoms with Crippen LogP contribution in [-0.4, -0.2) is 50.7 Å². The molecule has 0 saturated heterocycles. The average molecular weight is 507 g/mol. The van der Waals surface area contributed by atoms with Crippen LogP contribution in [0.2, 0.25) is 0 Å². The molecule has 2 N–H and O–H groups in total. The van der Waals surface area contributed by atoms with Gasteiger partial charge in [-0.15, -0.1) is 0 Å². The zero-order valence-corrected chi connectivity index (χ0v) is 21.9. The van der Waals surface area contributed by atoms with Crippen molar-refractivity contribution in [2.45, 2.75) is 19.8 Å². The van der Waals surface area contributed by atoms with Crippen molar-refractivity contribution in [2.75, 3.05) is 20.6 Å². The number of hydrogen-bond acceptors (Lipinski definition) is 4. The normalized spacial score (nSPS) is 12.7. The number of halogens is 1. The topological polar surface area (TPSA) is 73.5 Å². The molecule has 0 aliphatic carbocycles. The molecule has 3 aromatic heterocycles. The summed E-state index contributed by atoms with van der Waals surface area (Å²) in [4.78, 5) is 14.8. The van der Waals surface area contributed by atoms with Gasteiger partial charge in [-0.2, -0.15) is 5.10 Å². The predicted octanol–water partition coefficient (Wildman–Crippen LogP) is 4.94. The molecule has 2 aromatic carbocycles. The molecule has 0 atom stereocenters. The quantitative estimate of drug-likeness (QED) is 0.313. The molecule has 0 aliphatic rings. The van der Waals surface area contributed by atoms with E-state index < -0.39 is 0 Å². The first-order valence-corrected chi connectivity index (χ1v) is 12.6. The van der Waals surface area contributed by atoms with Crippen molar-refractivity contribution in [3.05, 3.63) is 94.5 Å². The SMILES string of the molecule is C=c1c(-c2nc3c(-c4cccc(F)c4)cccc3[nH]2)n[nH]/c1=C/C=C(\C)c1cncc(CCCN(C)C)c1. The maximum atomic E-state index is 13.8. The Hall–Kier alpha value is -4.36. The van der Waals surface area contributed by atoms with Gasteiger partial charge in [-0.25, -0.2) is 9.37 Å². The molecule has 0 fully saturated rings. The zero-order chi connectivity index (χ0) is 26.6. The molecule has 0 bridgehead atoms. The van der Waals surface area contributed by atoms with E-state index in [2.05, 4.69) is 58.7 Å². The van der Waals surface area contributed by atoms with Gasteiger partial charge in [0.15, 0.2) is 5.82 Å². The minimum atomic E-state index is -0.280. The molecule has 7 heteroatoms. The zero-order valence-electron chi connectivity index (χ0n) is 21.9. The average Bonchev–Trinajstić information content (AvgIpc) is 3.50. The monoisotopic (exact) mass is 506 g/mol. The minimum Gasteiger partial charge on any atom is -0.337 e. The van der Waals surface area contributed by atoms with Crippen molar-refractivity contribution in [3.8, 4) is 22.6 Å². The second-order valence-electron chi connectivity index (χ2n) is 9.77. The molecule has 0 aliphatic heterocycles. The van der Waals surface area contributed by atoms with E-state index in [0.29, 0.717) is 11.5 Å². The molecule has 0 amide bonds. The lowest BCUT2D eigenvalue weighted by molar-refractivity contribution is 0.400. The van der Waals surface area contributed by atoms with E-state index in [-0.39, 0.29) is 5.82 Å². The van der Waals surface area contributed by atoms with Crippen molar-refractivity contribution in [2.24, 2.45) is 0 Å². The third kappa shape index (κ3) is 5.48. The molecule has 5 aromatic rings. The highest BCUT2D eigenvalue weighted by Gasteiger charge is 2.13. The molecule has 0 radical (unpaired) electrons. The van der Waals surface area contributed by atoms with Gasteiger partial charge in [0.2, 0.25) is 0 Å². The third-order valence-corrected chi connectivity index (χ3v) is 6.59. The highest BCUT2D eigenvalue weighted by atomic mass is 19.1. The maximum Gasteiger partial charge on any atom is 0.159 e. The summed E-state index contributed by atoms with van der Waals surface area (Å²) in [5.41, 5.74) is 7.32. The van der Waals surface area contributed by atoms with Gasteiger partial charge in [0.05, 0.1) is 16.4 Å². The lowest BCUT2D eigenvalue weighted by atomic mass is 10.0. The van der Waals surface area contributed by atoms with Crippen LogP contribution in [0.15, 0.2) is 67.0 Å². The number of nitrogens with zero attached hydrogens (tertiary/aromatic N) is 4. The summed E-state index contributed by atoms with van der Waals surface area (Å²) in [6.45, 7) is 7.38. The van der Waals surface area contributed by atoms with Gasteiger partial charge < -0.3 is 9.88 Å². The third-order valence-electron chi connectivity index (χ3n) is 6.59. The second-order valence-corrected chi connectivity index (χ2v) is 9.77. The summed E-state index contributed by atoms with van der Waals surface area (Å²) < 4.78 is 13.8. The van der Waals surface area contributed by atoms with Gasteiger partial charge in [0.25, 0.3) is 0 Å². The Labute approximate surface area is 221 Å². The number of hydrogen-bond donors (Lipinski definition) is 2. The lowest BCUT2D eigenvalue weighted by Crippen LogP contribution is -2.21. The molecular formula is C31H31FN6. The Kier molecular flexibility index (Phi) is 7.29. The fourth-order valence-corrected chi connectivity index (χ4v) is 4.49. The van der Waals surface area contributed by atoms with Gasteiger partial charge in [0.1, 0.15) is 11.5 Å². The standard InChI is InChI=1S/C31H31FN6/c1-20(24-16-22(18-33-19-24)8-7-15-38(3)4)13-14-27-21(2)29(37-36-27)31-34-28-12-6-11-26(30(28)35-31)23-9-5-10-25(32)17-23/h5-6,9-14,16-19,36H,2,7-8,15H2,1,3-4H3,(H,34,35)/b20-13+,27-14+. The number of aryl methyl sites for hydroxylation is 1. The number of allylic oxidation sites excluding steroid dienone is 2. The first kappa shape index (κ1) is 25.3. The second kappa shape index (κ2) is 10.9. The van der Waals surface area contributed by atoms with Gasteiger partial charge in [-0.1, -0.05) is 36.9 Å². The largest absolute Gasteiger partial charge is 0.337 e. The Balaban J connectivity index is 1.42. The molecule has 0 unspecified atom stereocenters. The number of imidazole rings is 1. The Morgan fingerprint density at radius 1 is 1.11 bits per heavy atom. The number of pyridine rings is 1. The smallest absolute Gasteiger partial charge is 0.159 e. The van der Waals surface area contributed by atoms with E-state index in [1.165, 1.54) is 17.7 Å². The maximum absolute atomic E-state index is 13.8. The van der Waals surface area contributed by atoms with Crippen molar-refractivity contribution >= 4 is 29.3 Å². The number of aromatic nitrogens is 5. The van der Waals surface area contributed by atoms with Crippen molar-refractivity contribution in [3.63, 3.8) is 0 Å². The molecule has 38 heavy (non-hydrogen) atoms. The predicted molar refractivity (Wildman–Crippen MR) is 153 cm³/mol. The summed E-state index contributed by atoms with van der Waals surface area (Å²) in [5.74, 6) is 0.332. The van der Waals surface area contributed by atoms with Gasteiger partial charge >= 0.3 is 0 Å². The van der Waals surface area contributed by atoms with Crippen LogP contribution in [-0.2, 0) is 6.42 Å². The van der Waals surface area contributed by atoms with E-state index in [1.807, 2.05) is 48.8 Å². The molecule has 0 saturated carbocycles. The van der Waals surface area contributed by atoms with Crippen molar-refractivity contribution in [1.82, 2.24) is 30.0 Å². The van der Waals surface area contributed by atoms with Crippen LogP contribution in [0.4, 0.5) is 4.39 Å². The first-order valence-electron chi connectivity index (χ1n) is 12.6. The summed E-state index contributed by atoms with van der Waals surface area (Å²) in [6.07, 6.45) is 9.96. The summed E-state index contributed by atoms with van der Waals surface area (Å²) >= 11 is 0. The molecule has 6 nitrogen and oxygen atoms in total. The number of benzene rings is 2. The first-order chi connectivity index (χ1) is 18.4. The highest BCUT2D eigenvalue weighted by molar-refractivity contribution is 5.93. The van der Waals surface area contributed by atoms with Crippen LogP contribution in [0, 0.1) is 5.82 Å².